The van der Waals surface area contributed by atoms with E-state index in [1.807, 2.05) is 32.0 Å². The second kappa shape index (κ2) is 8.09. The first kappa shape index (κ1) is 18.1. The second-order valence-corrected chi connectivity index (χ2v) is 5.98. The lowest BCUT2D eigenvalue weighted by Crippen LogP contribution is -2.44. The van der Waals surface area contributed by atoms with Crippen molar-refractivity contribution in [3.05, 3.63) is 65.5 Å². The number of amides is 2. The standard InChI is InChI=1S/C18H19N7O2/c1-12-3-8-16(13(2)9-12)19-10-17(26)21-22-18(27)14-4-6-15(7-5-14)25-11-20-23-24-25/h3-9,11,19H,10H2,1-2H3,(H,21,26)(H,22,27). The van der Waals surface area contributed by atoms with Crippen LogP contribution in [0.4, 0.5) is 5.69 Å². The molecule has 0 aliphatic heterocycles. The van der Waals surface area contributed by atoms with Gasteiger partial charge in [0, 0.05) is 11.3 Å². The topological polar surface area (TPSA) is 114 Å². The summed E-state index contributed by atoms with van der Waals surface area (Å²) in [6.07, 6.45) is 1.46. The predicted octanol–water partition coefficient (Wildman–Crippen LogP) is 1.15. The normalized spacial score (nSPS) is 10.3. The van der Waals surface area contributed by atoms with E-state index in [2.05, 4.69) is 31.7 Å². The zero-order valence-electron chi connectivity index (χ0n) is 14.9. The van der Waals surface area contributed by atoms with Crippen molar-refractivity contribution in [2.75, 3.05) is 11.9 Å². The molecule has 0 fully saturated rings. The summed E-state index contributed by atoms with van der Waals surface area (Å²) in [4.78, 5) is 24.0. The van der Waals surface area contributed by atoms with Gasteiger partial charge in [-0.3, -0.25) is 20.4 Å². The van der Waals surface area contributed by atoms with Crippen LogP contribution in [0.1, 0.15) is 21.5 Å². The Balaban J connectivity index is 1.49. The number of rotatable bonds is 5. The van der Waals surface area contributed by atoms with Crippen LogP contribution in [0.5, 0.6) is 0 Å². The van der Waals surface area contributed by atoms with Crippen molar-refractivity contribution < 1.29 is 9.59 Å². The molecule has 1 heterocycles. The summed E-state index contributed by atoms with van der Waals surface area (Å²) < 4.78 is 1.47. The molecule has 0 radical (unpaired) electrons. The Kier molecular flexibility index (Phi) is 5.41. The van der Waals surface area contributed by atoms with Crippen molar-refractivity contribution in [1.82, 2.24) is 31.1 Å². The summed E-state index contributed by atoms with van der Waals surface area (Å²) in [5, 5.41) is 13.9. The summed E-state index contributed by atoms with van der Waals surface area (Å²) in [5.41, 5.74) is 8.97. The molecule has 0 atom stereocenters. The van der Waals surface area contributed by atoms with Crippen LogP contribution >= 0.6 is 0 Å². The third kappa shape index (κ3) is 4.66. The second-order valence-electron chi connectivity index (χ2n) is 5.98. The summed E-state index contributed by atoms with van der Waals surface area (Å²) >= 11 is 0. The number of nitrogens with one attached hydrogen (secondary N) is 3. The largest absolute Gasteiger partial charge is 0.376 e. The Hall–Kier alpha value is -3.75. The first-order chi connectivity index (χ1) is 13.0. The van der Waals surface area contributed by atoms with Gasteiger partial charge in [0.2, 0.25) is 0 Å². The molecule has 0 aliphatic rings. The fraction of sp³-hybridized carbons (Fsp3) is 0.167. The van der Waals surface area contributed by atoms with Crippen molar-refractivity contribution in [1.29, 1.82) is 0 Å². The van der Waals surface area contributed by atoms with Gasteiger partial charge < -0.3 is 5.32 Å². The van der Waals surface area contributed by atoms with Gasteiger partial charge in [-0.2, -0.15) is 0 Å². The number of tetrazole rings is 1. The molecule has 0 unspecified atom stereocenters. The van der Waals surface area contributed by atoms with E-state index in [0.717, 1.165) is 22.5 Å². The summed E-state index contributed by atoms with van der Waals surface area (Å²) in [6.45, 7) is 4.02. The van der Waals surface area contributed by atoms with Crippen LogP contribution in [0.15, 0.2) is 48.8 Å². The molecule has 9 nitrogen and oxygen atoms in total. The molecule has 1 aromatic heterocycles. The Morgan fingerprint density at radius 2 is 1.81 bits per heavy atom. The molecule has 27 heavy (non-hydrogen) atoms. The molecule has 138 valence electrons. The summed E-state index contributed by atoms with van der Waals surface area (Å²) in [7, 11) is 0. The lowest BCUT2D eigenvalue weighted by Gasteiger charge is -2.11. The molecule has 2 amide bonds. The Morgan fingerprint density at radius 3 is 2.48 bits per heavy atom. The minimum atomic E-state index is -0.418. The highest BCUT2D eigenvalue weighted by Crippen LogP contribution is 2.15. The fourth-order valence-corrected chi connectivity index (χ4v) is 2.48. The van der Waals surface area contributed by atoms with Gasteiger partial charge >= 0.3 is 0 Å². The minimum absolute atomic E-state index is 0.0441. The van der Waals surface area contributed by atoms with Crippen LogP contribution in [0.3, 0.4) is 0 Å². The highest BCUT2D eigenvalue weighted by atomic mass is 16.2. The average Bonchev–Trinajstić information content (AvgIpc) is 3.20. The average molecular weight is 365 g/mol. The van der Waals surface area contributed by atoms with Gasteiger partial charge in [0.25, 0.3) is 11.8 Å². The van der Waals surface area contributed by atoms with Crippen LogP contribution in [0, 0.1) is 13.8 Å². The molecular formula is C18H19N7O2. The first-order valence-electron chi connectivity index (χ1n) is 8.26. The molecule has 2 aromatic carbocycles. The number of hydrogen-bond donors (Lipinski definition) is 3. The molecule has 0 aliphatic carbocycles. The summed E-state index contributed by atoms with van der Waals surface area (Å²) in [5.74, 6) is -0.772. The third-order valence-electron chi connectivity index (χ3n) is 3.88. The van der Waals surface area contributed by atoms with Gasteiger partial charge in [0.15, 0.2) is 0 Å². The van der Waals surface area contributed by atoms with E-state index in [-0.39, 0.29) is 12.5 Å². The van der Waals surface area contributed by atoms with Crippen molar-refractivity contribution >= 4 is 17.5 Å². The molecule has 3 rings (SSSR count). The van der Waals surface area contributed by atoms with Crippen LogP contribution < -0.4 is 16.2 Å². The maximum absolute atomic E-state index is 12.1. The maximum Gasteiger partial charge on any atom is 0.269 e. The highest BCUT2D eigenvalue weighted by Gasteiger charge is 2.08. The number of hydrazine groups is 1. The van der Waals surface area contributed by atoms with Crippen LogP contribution in [0.2, 0.25) is 0 Å². The smallest absolute Gasteiger partial charge is 0.269 e. The lowest BCUT2D eigenvalue weighted by molar-refractivity contribution is -0.120. The van der Waals surface area contributed by atoms with E-state index < -0.39 is 5.91 Å². The Morgan fingerprint density at radius 1 is 1.04 bits per heavy atom. The fourth-order valence-electron chi connectivity index (χ4n) is 2.48. The summed E-state index contributed by atoms with van der Waals surface area (Å²) in [6, 6.07) is 12.6. The van der Waals surface area contributed by atoms with E-state index in [1.165, 1.54) is 11.0 Å². The van der Waals surface area contributed by atoms with Crippen molar-refractivity contribution in [2.45, 2.75) is 13.8 Å². The van der Waals surface area contributed by atoms with Gasteiger partial charge in [-0.15, -0.1) is 5.10 Å². The van der Waals surface area contributed by atoms with Crippen LogP contribution in [-0.4, -0.2) is 38.6 Å². The number of aryl methyl sites for hydroxylation is 2. The number of carbonyl (C=O) groups is 2. The van der Waals surface area contributed by atoms with E-state index in [4.69, 9.17) is 0 Å². The molecule has 0 saturated heterocycles. The molecule has 3 aromatic rings. The first-order valence-corrected chi connectivity index (χ1v) is 8.26. The number of carbonyl (C=O) groups excluding carboxylic acids is 2. The molecule has 3 N–H and O–H groups in total. The van der Waals surface area contributed by atoms with Gasteiger partial charge in [-0.25, -0.2) is 4.68 Å². The van der Waals surface area contributed by atoms with Crippen molar-refractivity contribution in [2.24, 2.45) is 0 Å². The van der Waals surface area contributed by atoms with Gasteiger partial charge in [-0.1, -0.05) is 17.7 Å². The Bertz CT molecular complexity index is 937. The third-order valence-corrected chi connectivity index (χ3v) is 3.88. The lowest BCUT2D eigenvalue weighted by atomic mass is 10.1. The van der Waals surface area contributed by atoms with Gasteiger partial charge in [0.05, 0.1) is 12.2 Å². The zero-order valence-corrected chi connectivity index (χ0v) is 14.9. The van der Waals surface area contributed by atoms with Gasteiger partial charge in [0.1, 0.15) is 6.33 Å². The zero-order chi connectivity index (χ0) is 19.2. The van der Waals surface area contributed by atoms with E-state index in [0.29, 0.717) is 5.56 Å². The minimum Gasteiger partial charge on any atom is -0.376 e. The van der Waals surface area contributed by atoms with E-state index >= 15 is 0 Å². The number of nitrogens with zero attached hydrogens (tertiary/aromatic N) is 4. The number of anilines is 1. The number of hydrogen-bond acceptors (Lipinski definition) is 6. The quantitative estimate of drug-likeness (QED) is 0.585. The molecular weight excluding hydrogens is 346 g/mol. The van der Waals surface area contributed by atoms with Crippen LogP contribution in [0.25, 0.3) is 5.69 Å². The number of benzene rings is 2. The number of aromatic nitrogens is 4. The van der Waals surface area contributed by atoms with Crippen molar-refractivity contribution in [3.8, 4) is 5.69 Å². The van der Waals surface area contributed by atoms with E-state index in [1.54, 1.807) is 24.3 Å². The monoisotopic (exact) mass is 365 g/mol. The molecule has 0 spiro atoms. The van der Waals surface area contributed by atoms with Crippen molar-refractivity contribution in [3.63, 3.8) is 0 Å². The SMILES string of the molecule is Cc1ccc(NCC(=O)NNC(=O)c2ccc(-n3cnnn3)cc2)c(C)c1. The maximum atomic E-state index is 12.1. The highest BCUT2D eigenvalue weighted by molar-refractivity contribution is 5.95. The molecule has 0 saturated carbocycles. The predicted molar refractivity (Wildman–Crippen MR) is 99.2 cm³/mol. The van der Waals surface area contributed by atoms with Crippen LogP contribution in [-0.2, 0) is 4.79 Å². The van der Waals surface area contributed by atoms with E-state index in [9.17, 15) is 9.59 Å². The Labute approximate surface area is 155 Å². The molecule has 0 bridgehead atoms. The molecule has 9 heteroatoms. The van der Waals surface area contributed by atoms with Gasteiger partial charge in [-0.05, 0) is 60.2 Å².